The van der Waals surface area contributed by atoms with E-state index >= 15 is 0 Å². The van der Waals surface area contributed by atoms with Crippen LogP contribution in [-0.2, 0) is 4.74 Å². The van der Waals surface area contributed by atoms with Crippen molar-refractivity contribution in [1.82, 2.24) is 5.32 Å². The van der Waals surface area contributed by atoms with Gasteiger partial charge in [-0.3, -0.25) is 0 Å². The third-order valence-electron chi connectivity index (χ3n) is 3.36. The normalized spacial score (nSPS) is 11.5. The van der Waals surface area contributed by atoms with Gasteiger partial charge in [-0.05, 0) is 48.9 Å². The topological polar surface area (TPSA) is 67.4 Å². The molecule has 2 N–H and O–H groups in total. The molecule has 0 aliphatic rings. The number of urea groups is 1. The molecule has 0 aromatic heterocycles. The van der Waals surface area contributed by atoms with Crippen molar-refractivity contribution < 1.29 is 23.1 Å². The molecule has 0 saturated carbocycles. The van der Waals surface area contributed by atoms with E-state index in [0.717, 1.165) is 12.1 Å². The van der Waals surface area contributed by atoms with Crippen LogP contribution in [0.2, 0.25) is 0 Å². The average Bonchev–Trinajstić information content (AvgIpc) is 2.57. The van der Waals surface area contributed by atoms with Crippen molar-refractivity contribution in [3.05, 3.63) is 65.2 Å². The monoisotopic (exact) mass is 334 g/mol. The number of hydrogen-bond donors (Lipinski definition) is 2. The summed E-state index contributed by atoms with van der Waals surface area (Å²) in [5, 5.41) is 5.19. The van der Waals surface area contributed by atoms with Crippen molar-refractivity contribution in [2.75, 3.05) is 12.4 Å². The molecule has 0 aliphatic carbocycles. The number of carbonyl (C=O) groups excluding carboxylic acids is 2. The standard InChI is InChI=1S/C17H16F2N2O3/c1-10(12-5-8-14(18)15(19)9-12)20-17(23)21-13-6-3-11(4-7-13)16(22)24-2/h3-10H,1-2H3,(H2,20,21,23)/t10-/m0/s1. The maximum Gasteiger partial charge on any atom is 0.337 e. The fourth-order valence-corrected chi connectivity index (χ4v) is 2.04. The Morgan fingerprint density at radius 1 is 1.04 bits per heavy atom. The Morgan fingerprint density at radius 2 is 1.71 bits per heavy atom. The first-order valence-electron chi connectivity index (χ1n) is 7.11. The Balaban J connectivity index is 1.97. The summed E-state index contributed by atoms with van der Waals surface area (Å²) in [5.41, 5.74) is 1.27. The minimum atomic E-state index is -0.972. The molecule has 1 atom stereocenters. The number of esters is 1. The van der Waals surface area contributed by atoms with Gasteiger partial charge >= 0.3 is 12.0 Å². The average molecular weight is 334 g/mol. The predicted molar refractivity (Wildman–Crippen MR) is 84.7 cm³/mol. The van der Waals surface area contributed by atoms with Crippen molar-refractivity contribution >= 4 is 17.7 Å². The van der Waals surface area contributed by atoms with E-state index in [0.29, 0.717) is 16.8 Å². The number of methoxy groups -OCH3 is 1. The Morgan fingerprint density at radius 3 is 2.29 bits per heavy atom. The number of amides is 2. The summed E-state index contributed by atoms with van der Waals surface area (Å²) in [6, 6.07) is 8.53. The summed E-state index contributed by atoms with van der Waals surface area (Å²) in [4.78, 5) is 23.3. The van der Waals surface area contributed by atoms with Gasteiger partial charge in [-0.2, -0.15) is 0 Å². The highest BCUT2D eigenvalue weighted by Gasteiger charge is 2.12. The Bertz CT molecular complexity index is 748. The third-order valence-corrected chi connectivity index (χ3v) is 3.36. The van der Waals surface area contributed by atoms with Crippen LogP contribution in [0.4, 0.5) is 19.3 Å². The first-order valence-corrected chi connectivity index (χ1v) is 7.11. The zero-order valence-electron chi connectivity index (χ0n) is 13.1. The third kappa shape index (κ3) is 4.28. The minimum Gasteiger partial charge on any atom is -0.465 e. The van der Waals surface area contributed by atoms with Gasteiger partial charge in [0.1, 0.15) is 0 Å². The molecule has 2 aromatic rings. The fraction of sp³-hybridized carbons (Fsp3) is 0.176. The largest absolute Gasteiger partial charge is 0.465 e. The van der Waals surface area contributed by atoms with Crippen LogP contribution in [0, 0.1) is 11.6 Å². The molecule has 126 valence electrons. The van der Waals surface area contributed by atoms with Crippen LogP contribution in [0.15, 0.2) is 42.5 Å². The molecule has 2 amide bonds. The number of benzene rings is 2. The van der Waals surface area contributed by atoms with E-state index in [9.17, 15) is 18.4 Å². The van der Waals surface area contributed by atoms with Crippen LogP contribution in [-0.4, -0.2) is 19.1 Å². The van der Waals surface area contributed by atoms with Crippen LogP contribution >= 0.6 is 0 Å². The van der Waals surface area contributed by atoms with Crippen LogP contribution in [0.1, 0.15) is 28.9 Å². The molecule has 0 bridgehead atoms. The van der Waals surface area contributed by atoms with Gasteiger partial charge in [0.05, 0.1) is 18.7 Å². The van der Waals surface area contributed by atoms with E-state index in [1.54, 1.807) is 19.1 Å². The maximum atomic E-state index is 13.2. The summed E-state index contributed by atoms with van der Waals surface area (Å²) >= 11 is 0. The summed E-state index contributed by atoms with van der Waals surface area (Å²) < 4.78 is 30.7. The van der Waals surface area contributed by atoms with E-state index in [1.807, 2.05) is 0 Å². The molecular weight excluding hydrogens is 318 g/mol. The summed E-state index contributed by atoms with van der Waals surface area (Å²) in [6.45, 7) is 1.65. The second-order valence-electron chi connectivity index (χ2n) is 5.06. The first kappa shape index (κ1) is 17.4. The lowest BCUT2D eigenvalue weighted by Gasteiger charge is -2.15. The van der Waals surface area contributed by atoms with Gasteiger partial charge in [0.2, 0.25) is 0 Å². The van der Waals surface area contributed by atoms with Crippen molar-refractivity contribution in [3.63, 3.8) is 0 Å². The lowest BCUT2D eigenvalue weighted by atomic mass is 10.1. The molecule has 2 aromatic carbocycles. The number of carbonyl (C=O) groups is 2. The molecule has 0 fully saturated rings. The zero-order chi connectivity index (χ0) is 17.7. The van der Waals surface area contributed by atoms with E-state index in [1.165, 1.54) is 25.3 Å². The molecular formula is C17H16F2N2O3. The highest BCUT2D eigenvalue weighted by molar-refractivity contribution is 5.92. The van der Waals surface area contributed by atoms with Crippen molar-refractivity contribution in [2.45, 2.75) is 13.0 Å². The smallest absolute Gasteiger partial charge is 0.337 e. The highest BCUT2D eigenvalue weighted by Crippen LogP contribution is 2.16. The highest BCUT2D eigenvalue weighted by atomic mass is 19.2. The van der Waals surface area contributed by atoms with Gasteiger partial charge in [0.25, 0.3) is 0 Å². The second-order valence-corrected chi connectivity index (χ2v) is 5.06. The molecule has 0 aliphatic heterocycles. The van der Waals surface area contributed by atoms with Crippen molar-refractivity contribution in [2.24, 2.45) is 0 Å². The molecule has 5 nitrogen and oxygen atoms in total. The van der Waals surface area contributed by atoms with E-state index in [-0.39, 0.29) is 0 Å². The molecule has 0 spiro atoms. The number of rotatable bonds is 4. The van der Waals surface area contributed by atoms with Gasteiger partial charge in [0, 0.05) is 5.69 Å². The van der Waals surface area contributed by atoms with E-state index in [4.69, 9.17) is 0 Å². The Hall–Kier alpha value is -2.96. The number of hydrogen-bond acceptors (Lipinski definition) is 3. The van der Waals surface area contributed by atoms with Gasteiger partial charge < -0.3 is 15.4 Å². The van der Waals surface area contributed by atoms with Crippen molar-refractivity contribution in [3.8, 4) is 0 Å². The van der Waals surface area contributed by atoms with Crippen LogP contribution in [0.5, 0.6) is 0 Å². The maximum absolute atomic E-state index is 13.2. The number of halogens is 2. The quantitative estimate of drug-likeness (QED) is 0.839. The van der Waals surface area contributed by atoms with Gasteiger partial charge in [0.15, 0.2) is 11.6 Å². The van der Waals surface area contributed by atoms with E-state index < -0.39 is 29.7 Å². The summed E-state index contributed by atoms with van der Waals surface area (Å²) in [7, 11) is 1.28. The second kappa shape index (κ2) is 7.54. The summed E-state index contributed by atoms with van der Waals surface area (Å²) in [5.74, 6) is -2.39. The Labute approximate surface area is 137 Å². The van der Waals surface area contributed by atoms with Crippen molar-refractivity contribution in [1.29, 1.82) is 0 Å². The number of nitrogens with one attached hydrogen (secondary N) is 2. The minimum absolute atomic E-state index is 0.360. The molecule has 0 radical (unpaired) electrons. The molecule has 7 heteroatoms. The molecule has 0 saturated heterocycles. The lowest BCUT2D eigenvalue weighted by Crippen LogP contribution is -2.31. The van der Waals surface area contributed by atoms with Gasteiger partial charge in [-0.25, -0.2) is 18.4 Å². The zero-order valence-corrected chi connectivity index (χ0v) is 13.1. The van der Waals surface area contributed by atoms with Crippen LogP contribution < -0.4 is 10.6 Å². The van der Waals surface area contributed by atoms with Crippen LogP contribution in [0.3, 0.4) is 0 Å². The van der Waals surface area contributed by atoms with Gasteiger partial charge in [-0.1, -0.05) is 6.07 Å². The SMILES string of the molecule is COC(=O)c1ccc(NC(=O)N[C@@H](C)c2ccc(F)c(F)c2)cc1. The van der Waals surface area contributed by atoms with Crippen LogP contribution in [0.25, 0.3) is 0 Å². The number of ether oxygens (including phenoxy) is 1. The van der Waals surface area contributed by atoms with E-state index in [2.05, 4.69) is 15.4 Å². The van der Waals surface area contributed by atoms with Gasteiger partial charge in [-0.15, -0.1) is 0 Å². The first-order chi connectivity index (χ1) is 11.4. The summed E-state index contributed by atoms with van der Waals surface area (Å²) in [6.07, 6.45) is 0. The predicted octanol–water partition coefficient (Wildman–Crippen LogP) is 3.63. The molecule has 24 heavy (non-hydrogen) atoms. The molecule has 0 heterocycles. The molecule has 0 unspecified atom stereocenters. The Kier molecular flexibility index (Phi) is 5.47. The molecule has 2 rings (SSSR count). The fourth-order valence-electron chi connectivity index (χ4n) is 2.04. The number of anilines is 1. The lowest BCUT2D eigenvalue weighted by molar-refractivity contribution is 0.0600.